The van der Waals surface area contributed by atoms with Gasteiger partial charge in [0, 0.05) is 12.2 Å². The highest BCUT2D eigenvalue weighted by atomic mass is 35.5. The predicted octanol–water partition coefficient (Wildman–Crippen LogP) is 3.87. The second-order valence-electron chi connectivity index (χ2n) is 3.90. The van der Waals surface area contributed by atoms with Gasteiger partial charge in [-0.25, -0.2) is 0 Å². The molecule has 1 rings (SSSR count). The van der Waals surface area contributed by atoms with E-state index in [1.54, 1.807) is 6.20 Å². The standard InChI is InChI=1S/C13H19ClN2/c1-2-3-4-5-6-9-12(15)13-11(14)8-7-10-16-13/h2,7-8,10,12H,1,3-6,9,15H2. The highest BCUT2D eigenvalue weighted by molar-refractivity contribution is 6.31. The van der Waals surface area contributed by atoms with Gasteiger partial charge in [0.25, 0.3) is 0 Å². The largest absolute Gasteiger partial charge is 0.323 e. The van der Waals surface area contributed by atoms with Crippen LogP contribution in [0.1, 0.15) is 43.8 Å². The molecule has 1 heterocycles. The number of pyridine rings is 1. The van der Waals surface area contributed by atoms with Crippen molar-refractivity contribution in [1.82, 2.24) is 4.98 Å². The van der Waals surface area contributed by atoms with E-state index in [1.807, 2.05) is 18.2 Å². The number of allylic oxidation sites excluding steroid dienone is 1. The van der Waals surface area contributed by atoms with E-state index in [9.17, 15) is 0 Å². The Labute approximate surface area is 103 Å². The molecule has 0 saturated heterocycles. The lowest BCUT2D eigenvalue weighted by molar-refractivity contribution is 0.563. The Hall–Kier alpha value is -0.860. The first-order valence-electron chi connectivity index (χ1n) is 5.72. The summed E-state index contributed by atoms with van der Waals surface area (Å²) in [5, 5.41) is 0.668. The van der Waals surface area contributed by atoms with Crippen molar-refractivity contribution < 1.29 is 0 Å². The molecule has 0 radical (unpaired) electrons. The first-order valence-corrected chi connectivity index (χ1v) is 6.10. The van der Waals surface area contributed by atoms with Crippen LogP contribution < -0.4 is 5.73 Å². The number of halogens is 1. The fourth-order valence-corrected chi connectivity index (χ4v) is 1.90. The minimum absolute atomic E-state index is 0.0440. The van der Waals surface area contributed by atoms with Gasteiger partial charge >= 0.3 is 0 Å². The Morgan fingerprint density at radius 2 is 2.25 bits per heavy atom. The minimum atomic E-state index is -0.0440. The number of rotatable bonds is 7. The van der Waals surface area contributed by atoms with Gasteiger partial charge in [0.2, 0.25) is 0 Å². The molecule has 0 spiro atoms. The Morgan fingerprint density at radius 1 is 1.44 bits per heavy atom. The molecule has 1 aromatic rings. The second-order valence-corrected chi connectivity index (χ2v) is 4.31. The molecular formula is C13H19ClN2. The number of hydrogen-bond donors (Lipinski definition) is 1. The van der Waals surface area contributed by atoms with Crippen molar-refractivity contribution in [3.05, 3.63) is 41.7 Å². The van der Waals surface area contributed by atoms with Crippen LogP contribution in [0.15, 0.2) is 31.0 Å². The molecule has 1 aromatic heterocycles. The third-order valence-corrected chi connectivity index (χ3v) is 2.88. The van der Waals surface area contributed by atoms with Crippen LogP contribution in [0, 0.1) is 0 Å². The maximum Gasteiger partial charge on any atom is 0.0756 e. The predicted molar refractivity (Wildman–Crippen MR) is 69.5 cm³/mol. The van der Waals surface area contributed by atoms with Gasteiger partial charge in [-0.3, -0.25) is 4.98 Å². The normalized spacial score (nSPS) is 12.4. The zero-order chi connectivity index (χ0) is 11.8. The summed E-state index contributed by atoms with van der Waals surface area (Å²) in [6.45, 7) is 3.70. The molecule has 0 saturated carbocycles. The molecule has 0 bridgehead atoms. The summed E-state index contributed by atoms with van der Waals surface area (Å²) in [6.07, 6.45) is 9.19. The lowest BCUT2D eigenvalue weighted by atomic mass is 10.0. The highest BCUT2D eigenvalue weighted by Gasteiger charge is 2.10. The number of nitrogens with two attached hydrogens (primary N) is 1. The van der Waals surface area contributed by atoms with E-state index in [4.69, 9.17) is 17.3 Å². The van der Waals surface area contributed by atoms with E-state index in [0.717, 1.165) is 25.0 Å². The summed E-state index contributed by atoms with van der Waals surface area (Å²) in [7, 11) is 0. The molecule has 2 N–H and O–H groups in total. The molecule has 0 fully saturated rings. The quantitative estimate of drug-likeness (QED) is 0.579. The van der Waals surface area contributed by atoms with Crippen LogP contribution in [0.3, 0.4) is 0 Å². The summed E-state index contributed by atoms with van der Waals surface area (Å²) in [6, 6.07) is 3.61. The smallest absolute Gasteiger partial charge is 0.0756 e. The van der Waals surface area contributed by atoms with Gasteiger partial charge in [0.1, 0.15) is 0 Å². The van der Waals surface area contributed by atoms with E-state index in [1.165, 1.54) is 12.8 Å². The topological polar surface area (TPSA) is 38.9 Å². The van der Waals surface area contributed by atoms with Crippen molar-refractivity contribution in [1.29, 1.82) is 0 Å². The van der Waals surface area contributed by atoms with Crippen LogP contribution in [0.4, 0.5) is 0 Å². The van der Waals surface area contributed by atoms with Crippen molar-refractivity contribution in [2.45, 2.75) is 38.1 Å². The highest BCUT2D eigenvalue weighted by Crippen LogP contribution is 2.22. The van der Waals surface area contributed by atoms with E-state index >= 15 is 0 Å². The molecule has 1 unspecified atom stereocenters. The summed E-state index contributed by atoms with van der Waals surface area (Å²) in [4.78, 5) is 4.22. The number of aromatic nitrogens is 1. The lowest BCUT2D eigenvalue weighted by Crippen LogP contribution is -2.12. The van der Waals surface area contributed by atoms with Crippen molar-refractivity contribution in [3.8, 4) is 0 Å². The molecular weight excluding hydrogens is 220 g/mol. The third-order valence-electron chi connectivity index (χ3n) is 2.56. The van der Waals surface area contributed by atoms with E-state index in [0.29, 0.717) is 5.02 Å². The summed E-state index contributed by atoms with van der Waals surface area (Å²) in [5.74, 6) is 0. The van der Waals surface area contributed by atoms with Gasteiger partial charge in [-0.05, 0) is 31.4 Å². The van der Waals surface area contributed by atoms with Gasteiger partial charge in [0.15, 0.2) is 0 Å². The molecule has 0 aliphatic rings. The average molecular weight is 239 g/mol. The third kappa shape index (κ3) is 4.33. The van der Waals surface area contributed by atoms with Crippen LogP contribution in [-0.4, -0.2) is 4.98 Å². The zero-order valence-electron chi connectivity index (χ0n) is 9.53. The van der Waals surface area contributed by atoms with Crippen LogP contribution in [-0.2, 0) is 0 Å². The molecule has 1 atom stereocenters. The van der Waals surface area contributed by atoms with Gasteiger partial charge < -0.3 is 5.73 Å². The monoisotopic (exact) mass is 238 g/mol. The number of nitrogens with zero attached hydrogens (tertiary/aromatic N) is 1. The number of unbranched alkanes of at least 4 members (excludes halogenated alkanes) is 3. The Bertz CT molecular complexity index is 325. The minimum Gasteiger partial charge on any atom is -0.323 e. The molecule has 2 nitrogen and oxygen atoms in total. The fraction of sp³-hybridized carbons (Fsp3) is 0.462. The van der Waals surface area contributed by atoms with Crippen molar-refractivity contribution in [3.63, 3.8) is 0 Å². The van der Waals surface area contributed by atoms with Gasteiger partial charge in [0.05, 0.1) is 10.7 Å². The molecule has 16 heavy (non-hydrogen) atoms. The van der Waals surface area contributed by atoms with Gasteiger partial charge in [-0.2, -0.15) is 0 Å². The molecule has 0 aromatic carbocycles. The summed E-state index contributed by atoms with van der Waals surface area (Å²) >= 11 is 6.03. The first-order chi connectivity index (χ1) is 7.75. The van der Waals surface area contributed by atoms with Crippen LogP contribution >= 0.6 is 11.6 Å². The van der Waals surface area contributed by atoms with E-state index in [2.05, 4.69) is 11.6 Å². The van der Waals surface area contributed by atoms with Gasteiger partial charge in [-0.1, -0.05) is 30.5 Å². The van der Waals surface area contributed by atoms with Gasteiger partial charge in [-0.15, -0.1) is 6.58 Å². The Balaban J connectivity index is 2.32. The first kappa shape index (κ1) is 13.2. The second kappa shape index (κ2) is 7.42. The molecule has 0 aliphatic heterocycles. The van der Waals surface area contributed by atoms with E-state index in [-0.39, 0.29) is 6.04 Å². The van der Waals surface area contributed by atoms with Crippen molar-refractivity contribution in [2.75, 3.05) is 0 Å². The number of hydrogen-bond acceptors (Lipinski definition) is 2. The molecule has 0 amide bonds. The lowest BCUT2D eigenvalue weighted by Gasteiger charge is -2.11. The summed E-state index contributed by atoms with van der Waals surface area (Å²) < 4.78 is 0. The summed E-state index contributed by atoms with van der Waals surface area (Å²) in [5.41, 5.74) is 6.86. The zero-order valence-corrected chi connectivity index (χ0v) is 10.3. The van der Waals surface area contributed by atoms with E-state index < -0.39 is 0 Å². The van der Waals surface area contributed by atoms with Crippen molar-refractivity contribution >= 4 is 11.6 Å². The Morgan fingerprint density at radius 3 is 2.94 bits per heavy atom. The molecule has 0 aliphatic carbocycles. The molecule has 88 valence electrons. The van der Waals surface area contributed by atoms with Crippen LogP contribution in [0.25, 0.3) is 0 Å². The SMILES string of the molecule is C=CCCCCCC(N)c1ncccc1Cl. The molecule has 3 heteroatoms. The van der Waals surface area contributed by atoms with Crippen LogP contribution in [0.5, 0.6) is 0 Å². The van der Waals surface area contributed by atoms with Crippen LogP contribution in [0.2, 0.25) is 5.02 Å². The maximum absolute atomic E-state index is 6.04. The van der Waals surface area contributed by atoms with Crippen molar-refractivity contribution in [2.24, 2.45) is 5.73 Å². The fourth-order valence-electron chi connectivity index (χ4n) is 1.64. The average Bonchev–Trinajstić information content (AvgIpc) is 2.29. The maximum atomic E-state index is 6.04. The Kier molecular flexibility index (Phi) is 6.12.